The summed E-state index contributed by atoms with van der Waals surface area (Å²) in [5, 5.41) is 12.3. The van der Waals surface area contributed by atoms with Crippen molar-refractivity contribution in [3.63, 3.8) is 0 Å². The minimum absolute atomic E-state index is 0.205. The molecule has 26 heavy (non-hydrogen) atoms. The third kappa shape index (κ3) is 2.48. The lowest BCUT2D eigenvalue weighted by molar-refractivity contribution is 0.102. The molecule has 126 valence electrons. The van der Waals surface area contributed by atoms with Crippen molar-refractivity contribution in [1.82, 2.24) is 10.2 Å². The summed E-state index contributed by atoms with van der Waals surface area (Å²) in [4.78, 5) is 13.5. The highest BCUT2D eigenvalue weighted by Crippen LogP contribution is 2.38. The van der Waals surface area contributed by atoms with Crippen LogP contribution in [0.1, 0.15) is 10.4 Å². The van der Waals surface area contributed by atoms with Crippen molar-refractivity contribution in [3.05, 3.63) is 72.8 Å². The van der Waals surface area contributed by atoms with Gasteiger partial charge in [0.2, 0.25) is 0 Å². The van der Waals surface area contributed by atoms with Crippen LogP contribution in [0, 0.1) is 0 Å². The van der Waals surface area contributed by atoms with Gasteiger partial charge in [0, 0.05) is 26.2 Å². The number of nitrogens with zero attached hydrogens (tertiary/aromatic N) is 1. The molecule has 0 aliphatic heterocycles. The number of fused-ring (bicyclic) bond motifs is 2. The van der Waals surface area contributed by atoms with Crippen molar-refractivity contribution in [1.29, 1.82) is 0 Å². The normalized spacial score (nSPS) is 11.2. The summed E-state index contributed by atoms with van der Waals surface area (Å²) < 4.78 is 6.21. The van der Waals surface area contributed by atoms with Crippen LogP contribution in [0.5, 0.6) is 0 Å². The number of aromatic nitrogens is 2. The van der Waals surface area contributed by atoms with E-state index in [4.69, 9.17) is 4.42 Å². The Bertz CT molecular complexity index is 1200. The van der Waals surface area contributed by atoms with Gasteiger partial charge in [-0.1, -0.05) is 18.2 Å². The molecule has 0 unspecified atom stereocenters. The van der Waals surface area contributed by atoms with Gasteiger partial charge in [-0.15, -0.1) is 11.3 Å². The maximum Gasteiger partial charge on any atom is 0.258 e. The number of amides is 1. The van der Waals surface area contributed by atoms with Crippen LogP contribution < -0.4 is 5.32 Å². The van der Waals surface area contributed by atoms with Crippen molar-refractivity contribution >= 4 is 43.9 Å². The lowest BCUT2D eigenvalue weighted by Gasteiger charge is -2.07. The van der Waals surface area contributed by atoms with E-state index in [0.29, 0.717) is 5.56 Å². The van der Waals surface area contributed by atoms with Gasteiger partial charge < -0.3 is 9.73 Å². The van der Waals surface area contributed by atoms with Gasteiger partial charge >= 0.3 is 0 Å². The van der Waals surface area contributed by atoms with Crippen molar-refractivity contribution in [3.8, 4) is 10.4 Å². The Morgan fingerprint density at radius 3 is 2.88 bits per heavy atom. The Balaban J connectivity index is 1.62. The van der Waals surface area contributed by atoms with Crippen LogP contribution in [0.3, 0.4) is 0 Å². The smallest absolute Gasteiger partial charge is 0.258 e. The first-order valence-electron chi connectivity index (χ1n) is 8.07. The SMILES string of the molecule is O=C(Nc1cc(-c2cc3ccccc3s2)c2[nH]ncc2c1)c1ccoc1. The Morgan fingerprint density at radius 2 is 2.04 bits per heavy atom. The first-order chi connectivity index (χ1) is 12.8. The van der Waals surface area contributed by atoms with E-state index in [1.807, 2.05) is 24.3 Å². The largest absolute Gasteiger partial charge is 0.472 e. The molecule has 2 aromatic carbocycles. The number of thiophene rings is 1. The number of rotatable bonds is 3. The van der Waals surface area contributed by atoms with Crippen LogP contribution in [0.15, 0.2) is 71.7 Å². The number of carbonyl (C=O) groups excluding carboxylic acids is 1. The van der Waals surface area contributed by atoms with Gasteiger partial charge in [0.25, 0.3) is 5.91 Å². The van der Waals surface area contributed by atoms with E-state index in [9.17, 15) is 4.79 Å². The minimum Gasteiger partial charge on any atom is -0.472 e. The van der Waals surface area contributed by atoms with E-state index < -0.39 is 0 Å². The number of benzene rings is 2. The molecule has 0 spiro atoms. The topological polar surface area (TPSA) is 70.9 Å². The van der Waals surface area contributed by atoms with E-state index in [2.05, 4.69) is 33.7 Å². The highest BCUT2D eigenvalue weighted by atomic mass is 32.1. The molecule has 2 N–H and O–H groups in total. The number of carbonyl (C=O) groups is 1. The third-order valence-corrected chi connectivity index (χ3v) is 5.43. The molecule has 0 aliphatic rings. The monoisotopic (exact) mass is 359 g/mol. The zero-order valence-corrected chi connectivity index (χ0v) is 14.3. The van der Waals surface area contributed by atoms with Crippen LogP contribution in [0.2, 0.25) is 0 Å². The van der Waals surface area contributed by atoms with Gasteiger partial charge in [-0.2, -0.15) is 5.10 Å². The maximum absolute atomic E-state index is 12.3. The maximum atomic E-state index is 12.3. The fourth-order valence-corrected chi connectivity index (χ4v) is 4.12. The summed E-state index contributed by atoms with van der Waals surface area (Å²) in [6.07, 6.45) is 4.68. The summed E-state index contributed by atoms with van der Waals surface area (Å²) in [5.41, 5.74) is 3.18. The van der Waals surface area contributed by atoms with Crippen LogP contribution in [-0.2, 0) is 0 Å². The van der Waals surface area contributed by atoms with Gasteiger partial charge in [-0.25, -0.2) is 0 Å². The number of hydrogen-bond acceptors (Lipinski definition) is 4. The predicted molar refractivity (Wildman–Crippen MR) is 104 cm³/mol. The van der Waals surface area contributed by atoms with E-state index in [1.54, 1.807) is 23.6 Å². The Hall–Kier alpha value is -3.38. The van der Waals surface area contributed by atoms with Gasteiger partial charge in [-0.05, 0) is 35.7 Å². The molecule has 5 rings (SSSR count). The number of aromatic amines is 1. The molecular weight excluding hydrogens is 346 g/mol. The molecule has 1 amide bonds. The first kappa shape index (κ1) is 14.9. The molecular formula is C20H13N3O2S. The Kier molecular flexibility index (Phi) is 3.36. The number of hydrogen-bond donors (Lipinski definition) is 2. The zero-order chi connectivity index (χ0) is 17.5. The molecule has 0 radical (unpaired) electrons. The summed E-state index contributed by atoms with van der Waals surface area (Å²) in [6, 6.07) is 16.0. The minimum atomic E-state index is -0.205. The molecule has 0 atom stereocenters. The molecule has 0 aliphatic carbocycles. The predicted octanol–water partition coefficient (Wildman–Crippen LogP) is 5.29. The van der Waals surface area contributed by atoms with Crippen molar-refractivity contribution in [2.45, 2.75) is 0 Å². The quantitative estimate of drug-likeness (QED) is 0.460. The van der Waals surface area contributed by atoms with Gasteiger partial charge in [0.1, 0.15) is 6.26 Å². The Labute approximate surface area is 152 Å². The molecule has 6 heteroatoms. The van der Waals surface area contributed by atoms with E-state index >= 15 is 0 Å². The average molecular weight is 359 g/mol. The molecule has 0 bridgehead atoms. The lowest BCUT2D eigenvalue weighted by Crippen LogP contribution is -2.10. The van der Waals surface area contributed by atoms with E-state index in [1.165, 1.54) is 22.6 Å². The van der Waals surface area contributed by atoms with Crippen LogP contribution in [-0.4, -0.2) is 16.1 Å². The average Bonchev–Trinajstić information content (AvgIpc) is 3.39. The van der Waals surface area contributed by atoms with Crippen molar-refractivity contribution < 1.29 is 9.21 Å². The molecule has 0 saturated heterocycles. The second-order valence-corrected chi connectivity index (χ2v) is 7.06. The number of furan rings is 1. The van der Waals surface area contributed by atoms with Crippen LogP contribution >= 0.6 is 11.3 Å². The molecule has 5 nitrogen and oxygen atoms in total. The second kappa shape index (κ2) is 5.86. The molecule has 5 aromatic rings. The molecule has 0 saturated carbocycles. The van der Waals surface area contributed by atoms with Gasteiger partial charge in [0.15, 0.2) is 0 Å². The van der Waals surface area contributed by atoms with Crippen LogP contribution in [0.25, 0.3) is 31.4 Å². The summed E-state index contributed by atoms with van der Waals surface area (Å²) in [7, 11) is 0. The molecule has 0 fully saturated rings. The zero-order valence-electron chi connectivity index (χ0n) is 13.5. The second-order valence-electron chi connectivity index (χ2n) is 5.97. The fraction of sp³-hybridized carbons (Fsp3) is 0. The molecule has 3 aromatic heterocycles. The highest BCUT2D eigenvalue weighted by Gasteiger charge is 2.14. The van der Waals surface area contributed by atoms with E-state index in [0.717, 1.165) is 27.0 Å². The summed E-state index contributed by atoms with van der Waals surface area (Å²) in [6.45, 7) is 0. The number of nitrogens with one attached hydrogen (secondary N) is 2. The van der Waals surface area contributed by atoms with E-state index in [-0.39, 0.29) is 5.91 Å². The summed E-state index contributed by atoms with van der Waals surface area (Å²) >= 11 is 1.72. The fourth-order valence-electron chi connectivity index (χ4n) is 3.04. The third-order valence-electron chi connectivity index (χ3n) is 4.28. The summed E-state index contributed by atoms with van der Waals surface area (Å²) in [5.74, 6) is -0.205. The first-order valence-corrected chi connectivity index (χ1v) is 8.89. The van der Waals surface area contributed by atoms with Crippen molar-refractivity contribution in [2.24, 2.45) is 0 Å². The lowest BCUT2D eigenvalue weighted by atomic mass is 10.1. The van der Waals surface area contributed by atoms with Gasteiger partial charge in [0.05, 0.1) is 23.5 Å². The molecule has 3 heterocycles. The highest BCUT2D eigenvalue weighted by molar-refractivity contribution is 7.22. The number of H-pyrrole nitrogens is 1. The van der Waals surface area contributed by atoms with Crippen molar-refractivity contribution in [2.75, 3.05) is 5.32 Å². The van der Waals surface area contributed by atoms with Gasteiger partial charge in [-0.3, -0.25) is 9.89 Å². The number of anilines is 1. The Morgan fingerprint density at radius 1 is 1.12 bits per heavy atom. The van der Waals surface area contributed by atoms with Crippen LogP contribution in [0.4, 0.5) is 5.69 Å². The standard InChI is InChI=1S/C20H13N3O2S/c24-20(13-5-6-25-11-13)22-15-7-14-10-21-23-19(14)16(9-15)18-8-12-3-1-2-4-17(12)26-18/h1-11H,(H,21,23)(H,22,24).